The van der Waals surface area contributed by atoms with Crippen LogP contribution >= 0.6 is 0 Å². The predicted molar refractivity (Wildman–Crippen MR) is 79.8 cm³/mol. The zero-order chi connectivity index (χ0) is 15.9. The number of hydrogen-bond acceptors (Lipinski definition) is 4. The minimum atomic E-state index is -0.870. The maximum Gasteiger partial charge on any atom is 0.163 e. The second-order valence-corrected chi connectivity index (χ2v) is 4.79. The number of aliphatic hydroxyl groups is 1. The third-order valence-electron chi connectivity index (χ3n) is 2.94. The lowest BCUT2D eigenvalue weighted by Crippen LogP contribution is -2.25. The summed E-state index contributed by atoms with van der Waals surface area (Å²) in [5.41, 5.74) is 0.149. The molecule has 0 saturated heterocycles. The Balaban J connectivity index is 1.88. The Kier molecular flexibility index (Phi) is 5.49. The molecule has 2 rings (SSSR count). The van der Waals surface area contributed by atoms with Gasteiger partial charge in [0, 0.05) is 0 Å². The van der Waals surface area contributed by atoms with Gasteiger partial charge in [0.1, 0.15) is 36.6 Å². The highest BCUT2D eigenvalue weighted by molar-refractivity contribution is 5.96. The molecule has 22 heavy (non-hydrogen) atoms. The summed E-state index contributed by atoms with van der Waals surface area (Å²) >= 11 is 0. The summed E-state index contributed by atoms with van der Waals surface area (Å²) in [6, 6.07) is 12.8. The van der Waals surface area contributed by atoms with E-state index in [1.54, 1.807) is 12.1 Å². The van der Waals surface area contributed by atoms with Crippen LogP contribution in [0.5, 0.6) is 11.5 Å². The van der Waals surface area contributed by atoms with Crippen molar-refractivity contribution in [1.29, 1.82) is 0 Å². The molecule has 0 aliphatic heterocycles. The lowest BCUT2D eigenvalue weighted by atomic mass is 10.1. The number of hydrogen-bond donors (Lipinski definition) is 1. The minimum absolute atomic E-state index is 0.0562. The number of benzene rings is 2. The molecule has 0 radical (unpaired) electrons. The SMILES string of the molecule is CC(=O)c1cc(F)ccc1OCC(O)COc1ccccc1. The van der Waals surface area contributed by atoms with Crippen molar-refractivity contribution in [2.24, 2.45) is 0 Å². The maximum atomic E-state index is 13.1. The summed E-state index contributed by atoms with van der Waals surface area (Å²) in [5, 5.41) is 9.85. The van der Waals surface area contributed by atoms with Crippen LogP contribution in [-0.2, 0) is 0 Å². The summed E-state index contributed by atoms with van der Waals surface area (Å²) < 4.78 is 23.9. The smallest absolute Gasteiger partial charge is 0.163 e. The lowest BCUT2D eigenvalue weighted by Gasteiger charge is -2.15. The molecule has 0 aromatic heterocycles. The number of Topliss-reactive ketones (excluding diaryl/α,β-unsaturated/α-hetero) is 1. The molecule has 5 heteroatoms. The first-order valence-electron chi connectivity index (χ1n) is 6.85. The third kappa shape index (κ3) is 4.56. The van der Waals surface area contributed by atoms with Crippen LogP contribution in [0.2, 0.25) is 0 Å². The molecule has 0 aliphatic carbocycles. The van der Waals surface area contributed by atoms with Crippen LogP contribution in [0.4, 0.5) is 4.39 Å². The highest BCUT2D eigenvalue weighted by Crippen LogP contribution is 2.20. The summed E-state index contributed by atoms with van der Waals surface area (Å²) in [6.45, 7) is 1.33. The fraction of sp³-hybridized carbons (Fsp3) is 0.235. The number of halogens is 1. The molecule has 0 saturated carbocycles. The van der Waals surface area contributed by atoms with Crippen LogP contribution in [0.3, 0.4) is 0 Å². The Morgan fingerprint density at radius 2 is 1.82 bits per heavy atom. The van der Waals surface area contributed by atoms with Crippen LogP contribution in [-0.4, -0.2) is 30.2 Å². The van der Waals surface area contributed by atoms with Gasteiger partial charge in [-0.2, -0.15) is 0 Å². The summed E-state index contributed by atoms with van der Waals surface area (Å²) in [5.74, 6) is 0.0791. The van der Waals surface area contributed by atoms with Crippen LogP contribution in [0.15, 0.2) is 48.5 Å². The number of carbonyl (C=O) groups is 1. The third-order valence-corrected chi connectivity index (χ3v) is 2.94. The Labute approximate surface area is 128 Å². The van der Waals surface area contributed by atoms with Crippen LogP contribution in [0, 0.1) is 5.82 Å². The first kappa shape index (κ1) is 16.0. The van der Waals surface area contributed by atoms with E-state index in [4.69, 9.17) is 9.47 Å². The van der Waals surface area contributed by atoms with E-state index in [1.165, 1.54) is 19.1 Å². The van der Waals surface area contributed by atoms with Crippen molar-refractivity contribution in [2.45, 2.75) is 13.0 Å². The van der Waals surface area contributed by atoms with Gasteiger partial charge in [-0.1, -0.05) is 18.2 Å². The van der Waals surface area contributed by atoms with Gasteiger partial charge in [0.25, 0.3) is 0 Å². The molecule has 1 atom stereocenters. The largest absolute Gasteiger partial charge is 0.491 e. The van der Waals surface area contributed by atoms with Crippen molar-refractivity contribution in [3.63, 3.8) is 0 Å². The van der Waals surface area contributed by atoms with Gasteiger partial charge in [0.2, 0.25) is 0 Å². The van der Waals surface area contributed by atoms with Crippen molar-refractivity contribution in [1.82, 2.24) is 0 Å². The van der Waals surface area contributed by atoms with E-state index in [0.29, 0.717) is 5.75 Å². The monoisotopic (exact) mass is 304 g/mol. The highest BCUT2D eigenvalue weighted by atomic mass is 19.1. The quantitative estimate of drug-likeness (QED) is 0.799. The van der Waals surface area contributed by atoms with Gasteiger partial charge < -0.3 is 14.6 Å². The van der Waals surface area contributed by atoms with Crippen molar-refractivity contribution in [3.05, 3.63) is 59.9 Å². The van der Waals surface area contributed by atoms with E-state index >= 15 is 0 Å². The first-order valence-corrected chi connectivity index (χ1v) is 6.85. The van der Waals surface area contributed by atoms with Crippen LogP contribution < -0.4 is 9.47 Å². The lowest BCUT2D eigenvalue weighted by molar-refractivity contribution is 0.0620. The van der Waals surface area contributed by atoms with Gasteiger partial charge >= 0.3 is 0 Å². The molecule has 0 heterocycles. The summed E-state index contributed by atoms with van der Waals surface area (Å²) in [6.07, 6.45) is -0.870. The molecule has 4 nitrogen and oxygen atoms in total. The van der Waals surface area contributed by atoms with Gasteiger partial charge in [-0.3, -0.25) is 4.79 Å². The average Bonchev–Trinajstić information content (AvgIpc) is 2.52. The molecular weight excluding hydrogens is 287 g/mol. The first-order chi connectivity index (χ1) is 10.6. The Morgan fingerprint density at radius 1 is 1.14 bits per heavy atom. The van der Waals surface area contributed by atoms with Gasteiger partial charge in [-0.05, 0) is 37.3 Å². The second kappa shape index (κ2) is 7.56. The molecular formula is C17H17FO4. The fourth-order valence-corrected chi connectivity index (χ4v) is 1.85. The van der Waals surface area contributed by atoms with Crippen molar-refractivity contribution in [3.8, 4) is 11.5 Å². The van der Waals surface area contributed by atoms with Gasteiger partial charge in [0.05, 0.1) is 5.56 Å². The Hall–Kier alpha value is -2.40. The number of aliphatic hydroxyl groups excluding tert-OH is 1. The molecule has 116 valence electrons. The van der Waals surface area contributed by atoms with Crippen molar-refractivity contribution in [2.75, 3.05) is 13.2 Å². The van der Waals surface area contributed by atoms with E-state index in [-0.39, 0.29) is 30.3 Å². The predicted octanol–water partition coefficient (Wildman–Crippen LogP) is 2.85. The zero-order valence-electron chi connectivity index (χ0n) is 12.2. The number of ether oxygens (including phenoxy) is 2. The number of para-hydroxylation sites is 1. The molecule has 2 aromatic rings. The normalized spacial score (nSPS) is 11.8. The summed E-state index contributed by atoms with van der Waals surface area (Å²) in [4.78, 5) is 11.4. The molecule has 0 fully saturated rings. The Bertz CT molecular complexity index is 628. The van der Waals surface area contributed by atoms with Crippen molar-refractivity contribution >= 4 is 5.78 Å². The second-order valence-electron chi connectivity index (χ2n) is 4.79. The van der Waals surface area contributed by atoms with E-state index in [0.717, 1.165) is 6.07 Å². The van der Waals surface area contributed by atoms with Crippen molar-refractivity contribution < 1.29 is 23.8 Å². The van der Waals surface area contributed by atoms with E-state index < -0.39 is 11.9 Å². The molecule has 1 N–H and O–H groups in total. The average molecular weight is 304 g/mol. The van der Waals surface area contributed by atoms with Gasteiger partial charge in [0.15, 0.2) is 5.78 Å². The van der Waals surface area contributed by atoms with E-state index in [2.05, 4.69) is 0 Å². The number of rotatable bonds is 7. The van der Waals surface area contributed by atoms with Gasteiger partial charge in [-0.15, -0.1) is 0 Å². The number of carbonyl (C=O) groups excluding carboxylic acids is 1. The standard InChI is InChI=1S/C17H17FO4/c1-12(19)16-9-13(18)7-8-17(16)22-11-14(20)10-21-15-5-3-2-4-6-15/h2-9,14,20H,10-11H2,1H3. The van der Waals surface area contributed by atoms with E-state index in [9.17, 15) is 14.3 Å². The molecule has 0 spiro atoms. The van der Waals surface area contributed by atoms with Crippen LogP contribution in [0.1, 0.15) is 17.3 Å². The molecule has 0 amide bonds. The fourth-order valence-electron chi connectivity index (χ4n) is 1.85. The Morgan fingerprint density at radius 3 is 2.50 bits per heavy atom. The highest BCUT2D eigenvalue weighted by Gasteiger charge is 2.12. The molecule has 0 bridgehead atoms. The van der Waals surface area contributed by atoms with Crippen LogP contribution in [0.25, 0.3) is 0 Å². The maximum absolute atomic E-state index is 13.1. The number of ketones is 1. The molecule has 0 aliphatic rings. The molecule has 2 aromatic carbocycles. The topological polar surface area (TPSA) is 55.8 Å². The zero-order valence-corrected chi connectivity index (χ0v) is 12.2. The summed E-state index contributed by atoms with van der Waals surface area (Å²) in [7, 11) is 0. The minimum Gasteiger partial charge on any atom is -0.491 e. The molecule has 1 unspecified atom stereocenters. The van der Waals surface area contributed by atoms with Gasteiger partial charge in [-0.25, -0.2) is 4.39 Å². The van der Waals surface area contributed by atoms with E-state index in [1.807, 2.05) is 18.2 Å².